The Kier molecular flexibility index (Phi) is 5.79. The van der Waals surface area contributed by atoms with Gasteiger partial charge >= 0.3 is 0 Å². The Bertz CT molecular complexity index is 1080. The standard InChI is InChI=1S/C23H24N4O3/c1-14(2)29-21-9-6-15(12-16(21)13-24)23-26-22(27-30-23)19-5-3-4-18-17(19)7-8-20(18)25-10-11-28/h3-6,9,12,14,20,25,28H,7-8,10-11H2,1-2H3/p+1. The van der Waals surface area contributed by atoms with Gasteiger partial charge in [0.25, 0.3) is 5.89 Å². The lowest BCUT2D eigenvalue weighted by Gasteiger charge is -2.11. The first kappa shape index (κ1) is 20.1. The Hall–Kier alpha value is -3.21. The van der Waals surface area contributed by atoms with Crippen molar-refractivity contribution < 1.29 is 19.7 Å². The van der Waals surface area contributed by atoms with E-state index in [1.807, 2.05) is 32.0 Å². The van der Waals surface area contributed by atoms with E-state index in [0.717, 1.165) is 18.4 Å². The predicted molar refractivity (Wildman–Crippen MR) is 111 cm³/mol. The van der Waals surface area contributed by atoms with Crippen LogP contribution >= 0.6 is 0 Å². The summed E-state index contributed by atoms with van der Waals surface area (Å²) in [6.45, 7) is 4.71. The fourth-order valence-electron chi connectivity index (χ4n) is 3.97. The molecule has 1 unspecified atom stereocenters. The molecular weight excluding hydrogens is 380 g/mol. The second kappa shape index (κ2) is 8.66. The molecule has 0 aliphatic heterocycles. The largest absolute Gasteiger partial charge is 0.490 e. The second-order valence-corrected chi connectivity index (χ2v) is 7.68. The van der Waals surface area contributed by atoms with E-state index >= 15 is 0 Å². The average Bonchev–Trinajstić information content (AvgIpc) is 3.39. The van der Waals surface area contributed by atoms with Gasteiger partial charge in [-0.2, -0.15) is 10.2 Å². The third-order valence-corrected chi connectivity index (χ3v) is 5.27. The van der Waals surface area contributed by atoms with E-state index in [1.54, 1.807) is 12.1 Å². The number of nitrogens with two attached hydrogens (primary N) is 1. The Morgan fingerprint density at radius 1 is 1.33 bits per heavy atom. The summed E-state index contributed by atoms with van der Waals surface area (Å²) in [5.74, 6) is 1.46. The fourth-order valence-corrected chi connectivity index (χ4v) is 3.97. The van der Waals surface area contributed by atoms with Crippen LogP contribution in [0.3, 0.4) is 0 Å². The molecule has 0 fully saturated rings. The SMILES string of the molecule is CC(C)Oc1ccc(-c2nc(-c3cccc4c3CCC4[NH2+]CCO)no2)cc1C#N. The van der Waals surface area contributed by atoms with Crippen molar-refractivity contribution in [2.45, 2.75) is 38.8 Å². The zero-order valence-electron chi connectivity index (χ0n) is 17.1. The second-order valence-electron chi connectivity index (χ2n) is 7.68. The van der Waals surface area contributed by atoms with Crippen molar-refractivity contribution in [3.8, 4) is 34.7 Å². The lowest BCUT2D eigenvalue weighted by atomic mass is 10.0. The highest BCUT2D eigenvalue weighted by molar-refractivity contribution is 5.67. The van der Waals surface area contributed by atoms with Gasteiger partial charge in [0.1, 0.15) is 17.9 Å². The molecule has 0 spiro atoms. The number of nitriles is 1. The van der Waals surface area contributed by atoms with Gasteiger partial charge in [0, 0.05) is 23.1 Å². The van der Waals surface area contributed by atoms with Crippen molar-refractivity contribution >= 4 is 0 Å². The molecule has 1 aliphatic rings. The summed E-state index contributed by atoms with van der Waals surface area (Å²) in [6, 6.07) is 14.0. The molecule has 1 aromatic heterocycles. The van der Waals surface area contributed by atoms with Gasteiger partial charge in [-0.1, -0.05) is 23.4 Å². The maximum Gasteiger partial charge on any atom is 0.258 e. The van der Waals surface area contributed by atoms with Crippen LogP contribution in [-0.4, -0.2) is 34.5 Å². The molecule has 0 bridgehead atoms. The van der Waals surface area contributed by atoms with E-state index in [-0.39, 0.29) is 12.7 Å². The molecular formula is C23H25N4O3+. The average molecular weight is 405 g/mol. The molecule has 1 aliphatic carbocycles. The Morgan fingerprint density at radius 2 is 2.20 bits per heavy atom. The van der Waals surface area contributed by atoms with Crippen LogP contribution in [0.5, 0.6) is 5.75 Å². The number of quaternary nitrogens is 1. The normalized spacial score (nSPS) is 15.2. The molecule has 4 rings (SSSR count). The first-order chi connectivity index (χ1) is 14.6. The highest BCUT2D eigenvalue weighted by Gasteiger charge is 2.28. The summed E-state index contributed by atoms with van der Waals surface area (Å²) >= 11 is 0. The number of ether oxygens (including phenoxy) is 1. The molecule has 1 atom stereocenters. The molecule has 30 heavy (non-hydrogen) atoms. The lowest BCUT2D eigenvalue weighted by molar-refractivity contribution is -0.696. The van der Waals surface area contributed by atoms with E-state index in [9.17, 15) is 5.26 Å². The number of benzene rings is 2. The summed E-state index contributed by atoms with van der Waals surface area (Å²) in [4.78, 5) is 4.60. The van der Waals surface area contributed by atoms with Crippen molar-refractivity contribution in [1.29, 1.82) is 5.26 Å². The van der Waals surface area contributed by atoms with Crippen LogP contribution < -0.4 is 10.1 Å². The number of hydrogen-bond acceptors (Lipinski definition) is 6. The Labute approximate surface area is 175 Å². The number of rotatable bonds is 7. The highest BCUT2D eigenvalue weighted by atomic mass is 16.5. The first-order valence-corrected chi connectivity index (χ1v) is 10.2. The van der Waals surface area contributed by atoms with Crippen LogP contribution in [0.2, 0.25) is 0 Å². The highest BCUT2D eigenvalue weighted by Crippen LogP contribution is 2.36. The molecule has 3 N–H and O–H groups in total. The Morgan fingerprint density at radius 3 is 2.97 bits per heavy atom. The van der Waals surface area contributed by atoms with Gasteiger partial charge in [-0.25, -0.2) is 0 Å². The van der Waals surface area contributed by atoms with Crippen LogP contribution in [-0.2, 0) is 6.42 Å². The molecule has 0 saturated carbocycles. The quantitative estimate of drug-likeness (QED) is 0.625. The first-order valence-electron chi connectivity index (χ1n) is 10.2. The van der Waals surface area contributed by atoms with Gasteiger partial charge in [0.05, 0.1) is 24.8 Å². The molecule has 7 nitrogen and oxygen atoms in total. The van der Waals surface area contributed by atoms with Crippen molar-refractivity contribution in [2.24, 2.45) is 0 Å². The summed E-state index contributed by atoms with van der Waals surface area (Å²) in [7, 11) is 0. The van der Waals surface area contributed by atoms with E-state index < -0.39 is 0 Å². The summed E-state index contributed by atoms with van der Waals surface area (Å²) in [6.07, 6.45) is 1.96. The minimum atomic E-state index is -0.0171. The van der Waals surface area contributed by atoms with Crippen LogP contribution in [0.1, 0.15) is 43.0 Å². The van der Waals surface area contributed by atoms with Crippen LogP contribution in [0.25, 0.3) is 22.8 Å². The number of aliphatic hydroxyl groups excluding tert-OH is 1. The van der Waals surface area contributed by atoms with Gasteiger partial charge in [-0.15, -0.1) is 0 Å². The van der Waals surface area contributed by atoms with E-state index in [2.05, 4.69) is 27.6 Å². The topological polar surface area (TPSA) is 109 Å². The lowest BCUT2D eigenvalue weighted by Crippen LogP contribution is -2.85. The molecule has 0 radical (unpaired) electrons. The maximum atomic E-state index is 9.46. The molecule has 0 amide bonds. The third-order valence-electron chi connectivity index (χ3n) is 5.27. The third kappa shape index (κ3) is 3.92. The maximum absolute atomic E-state index is 9.46. The minimum absolute atomic E-state index is 0.0171. The monoisotopic (exact) mass is 405 g/mol. The van der Waals surface area contributed by atoms with Crippen molar-refractivity contribution in [1.82, 2.24) is 10.1 Å². The van der Waals surface area contributed by atoms with Gasteiger partial charge in [-0.05, 0) is 44.0 Å². The van der Waals surface area contributed by atoms with Crippen LogP contribution in [0, 0.1) is 11.3 Å². The van der Waals surface area contributed by atoms with Gasteiger partial charge < -0.3 is 19.7 Å². The number of aromatic nitrogens is 2. The zero-order chi connectivity index (χ0) is 21.1. The van der Waals surface area contributed by atoms with Crippen LogP contribution in [0.4, 0.5) is 0 Å². The summed E-state index contributed by atoms with van der Waals surface area (Å²) in [5.41, 5.74) is 4.60. The number of hydrogen-bond donors (Lipinski definition) is 2. The number of aliphatic hydroxyl groups is 1. The zero-order valence-corrected chi connectivity index (χ0v) is 17.1. The number of nitrogens with zero attached hydrogens (tertiary/aromatic N) is 3. The molecule has 154 valence electrons. The van der Waals surface area contributed by atoms with Crippen molar-refractivity contribution in [3.05, 3.63) is 53.1 Å². The van der Waals surface area contributed by atoms with Crippen molar-refractivity contribution in [3.63, 3.8) is 0 Å². The fraction of sp³-hybridized carbons (Fsp3) is 0.348. The molecule has 0 saturated heterocycles. The van der Waals surface area contributed by atoms with Crippen molar-refractivity contribution in [2.75, 3.05) is 13.2 Å². The number of fused-ring (bicyclic) bond motifs is 1. The molecule has 3 aromatic rings. The summed E-state index contributed by atoms with van der Waals surface area (Å²) in [5, 5.41) is 25.0. The van der Waals surface area contributed by atoms with E-state index in [4.69, 9.17) is 14.4 Å². The summed E-state index contributed by atoms with van der Waals surface area (Å²) < 4.78 is 11.2. The Balaban J connectivity index is 1.63. The van der Waals surface area contributed by atoms with Gasteiger partial charge in [-0.3, -0.25) is 0 Å². The smallest absolute Gasteiger partial charge is 0.258 e. The molecule has 2 aromatic carbocycles. The predicted octanol–water partition coefficient (Wildman–Crippen LogP) is 2.61. The molecule has 7 heteroatoms. The van der Waals surface area contributed by atoms with E-state index in [0.29, 0.717) is 41.2 Å². The molecule has 1 heterocycles. The minimum Gasteiger partial charge on any atom is -0.490 e. The van der Waals surface area contributed by atoms with Gasteiger partial charge in [0.15, 0.2) is 0 Å². The van der Waals surface area contributed by atoms with E-state index in [1.165, 1.54) is 11.1 Å². The van der Waals surface area contributed by atoms with Gasteiger partial charge in [0.2, 0.25) is 5.82 Å². The van der Waals surface area contributed by atoms with Crippen LogP contribution in [0.15, 0.2) is 40.9 Å².